The fraction of sp³-hybridized carbons (Fsp3) is 0.333. The Bertz CT molecular complexity index is 303. The zero-order chi connectivity index (χ0) is 7.84. The van der Waals surface area contributed by atoms with Crippen LogP contribution in [0, 0.1) is 0 Å². The van der Waals surface area contributed by atoms with Crippen molar-refractivity contribution in [3.05, 3.63) is 17.8 Å². The predicted molar refractivity (Wildman–Crippen MR) is 44.4 cm³/mol. The van der Waals surface area contributed by atoms with Crippen LogP contribution < -0.4 is 0 Å². The van der Waals surface area contributed by atoms with Crippen molar-refractivity contribution in [1.82, 2.24) is 18.7 Å². The van der Waals surface area contributed by atoms with E-state index in [0.717, 1.165) is 18.2 Å². The summed E-state index contributed by atoms with van der Waals surface area (Å²) in [5.74, 6) is 0.915. The number of rotatable bonds is 0. The van der Waals surface area contributed by atoms with E-state index in [1.54, 1.807) is 6.33 Å². The van der Waals surface area contributed by atoms with Crippen molar-refractivity contribution >= 4 is 22.2 Å². The molecular formula is C6H7BrN4. The molecule has 0 unspecified atom stereocenters. The summed E-state index contributed by atoms with van der Waals surface area (Å²) in [4.78, 5) is 4.07. The topological polar surface area (TPSA) is 34.0 Å². The number of fused-ring (bicyclic) bond motifs is 1. The minimum atomic E-state index is 0.720. The van der Waals surface area contributed by atoms with Crippen LogP contribution in [0.15, 0.2) is 12.0 Å². The minimum Gasteiger partial charge on any atom is -0.292 e. The standard InChI is InChI=1S/C6H7BrN4/c1-5-2-6-8-3-9-11(6)4-10(5)7/h2-3H,4H2,1H3. The van der Waals surface area contributed by atoms with Crippen molar-refractivity contribution in [1.29, 1.82) is 0 Å². The van der Waals surface area contributed by atoms with Crippen molar-refractivity contribution in [2.45, 2.75) is 13.6 Å². The summed E-state index contributed by atoms with van der Waals surface area (Å²) in [7, 11) is 0. The summed E-state index contributed by atoms with van der Waals surface area (Å²) in [6.45, 7) is 2.74. The van der Waals surface area contributed by atoms with E-state index in [9.17, 15) is 0 Å². The van der Waals surface area contributed by atoms with Gasteiger partial charge in [0.05, 0.1) is 16.1 Å². The van der Waals surface area contributed by atoms with Crippen LogP contribution in [-0.2, 0) is 6.67 Å². The summed E-state index contributed by atoms with van der Waals surface area (Å²) < 4.78 is 3.76. The molecule has 0 bridgehead atoms. The molecule has 1 aliphatic rings. The lowest BCUT2D eigenvalue weighted by molar-refractivity contribution is 0.421. The summed E-state index contributed by atoms with van der Waals surface area (Å²) in [5.41, 5.74) is 1.14. The zero-order valence-electron chi connectivity index (χ0n) is 6.03. The number of hydrogen-bond acceptors (Lipinski definition) is 3. The smallest absolute Gasteiger partial charge is 0.154 e. The average molecular weight is 215 g/mol. The Morgan fingerprint density at radius 2 is 2.45 bits per heavy atom. The number of allylic oxidation sites excluding steroid dienone is 1. The van der Waals surface area contributed by atoms with Crippen LogP contribution in [0.3, 0.4) is 0 Å². The van der Waals surface area contributed by atoms with Gasteiger partial charge in [0.15, 0.2) is 5.82 Å². The highest BCUT2D eigenvalue weighted by molar-refractivity contribution is 9.07. The normalized spacial score (nSPS) is 16.2. The van der Waals surface area contributed by atoms with E-state index >= 15 is 0 Å². The Hall–Kier alpha value is -0.840. The van der Waals surface area contributed by atoms with Crippen LogP contribution in [0.5, 0.6) is 0 Å². The largest absolute Gasteiger partial charge is 0.292 e. The lowest BCUT2D eigenvalue weighted by Crippen LogP contribution is -2.20. The molecule has 4 nitrogen and oxygen atoms in total. The van der Waals surface area contributed by atoms with Crippen molar-refractivity contribution in [2.24, 2.45) is 0 Å². The summed E-state index contributed by atoms with van der Waals surface area (Å²) >= 11 is 3.38. The molecule has 0 aliphatic carbocycles. The lowest BCUT2D eigenvalue weighted by Gasteiger charge is -2.21. The van der Waals surface area contributed by atoms with Gasteiger partial charge in [0.1, 0.15) is 13.0 Å². The Morgan fingerprint density at radius 1 is 1.64 bits per heavy atom. The average Bonchev–Trinajstić information content (AvgIpc) is 2.36. The maximum atomic E-state index is 4.07. The molecule has 5 heteroatoms. The Labute approximate surface area is 72.9 Å². The van der Waals surface area contributed by atoms with Crippen LogP contribution in [0.1, 0.15) is 12.7 Å². The molecule has 0 amide bonds. The number of hydrogen-bond donors (Lipinski definition) is 0. The van der Waals surface area contributed by atoms with Gasteiger partial charge in [0.2, 0.25) is 0 Å². The van der Waals surface area contributed by atoms with Gasteiger partial charge in [-0.3, -0.25) is 3.93 Å². The van der Waals surface area contributed by atoms with Gasteiger partial charge in [-0.1, -0.05) is 0 Å². The number of halogens is 1. The molecule has 1 aliphatic heterocycles. The highest BCUT2D eigenvalue weighted by Gasteiger charge is 2.12. The van der Waals surface area contributed by atoms with E-state index in [0.29, 0.717) is 0 Å². The highest BCUT2D eigenvalue weighted by atomic mass is 79.9. The first-order valence-electron chi connectivity index (χ1n) is 3.27. The van der Waals surface area contributed by atoms with E-state index < -0.39 is 0 Å². The molecule has 0 radical (unpaired) electrons. The van der Waals surface area contributed by atoms with Gasteiger partial charge < -0.3 is 0 Å². The molecule has 1 aromatic heterocycles. The second-order valence-electron chi connectivity index (χ2n) is 2.41. The van der Waals surface area contributed by atoms with Crippen LogP contribution in [0.2, 0.25) is 0 Å². The fourth-order valence-electron chi connectivity index (χ4n) is 0.980. The number of aromatic nitrogens is 3. The van der Waals surface area contributed by atoms with Gasteiger partial charge in [-0.05, 0) is 6.92 Å². The highest BCUT2D eigenvalue weighted by Crippen LogP contribution is 2.18. The monoisotopic (exact) mass is 214 g/mol. The fourth-order valence-corrected chi connectivity index (χ4v) is 1.29. The first-order chi connectivity index (χ1) is 5.27. The molecule has 0 saturated heterocycles. The zero-order valence-corrected chi connectivity index (χ0v) is 7.61. The van der Waals surface area contributed by atoms with Gasteiger partial charge in [-0.15, -0.1) is 0 Å². The second-order valence-corrected chi connectivity index (χ2v) is 3.26. The van der Waals surface area contributed by atoms with Crippen molar-refractivity contribution in [3.63, 3.8) is 0 Å². The van der Waals surface area contributed by atoms with Gasteiger partial charge in [-0.2, -0.15) is 5.10 Å². The SMILES string of the molecule is CC1=Cc2ncnn2CN1Br. The van der Waals surface area contributed by atoms with Gasteiger partial charge in [0, 0.05) is 11.8 Å². The molecule has 2 rings (SSSR count). The quantitative estimate of drug-likeness (QED) is 0.610. The maximum absolute atomic E-state index is 4.07. The molecule has 58 valence electrons. The third-order valence-corrected chi connectivity index (χ3v) is 2.41. The first-order valence-corrected chi connectivity index (χ1v) is 3.98. The van der Waals surface area contributed by atoms with Gasteiger partial charge in [0.25, 0.3) is 0 Å². The summed E-state index contributed by atoms with van der Waals surface area (Å²) in [5, 5.41) is 4.03. The van der Waals surface area contributed by atoms with E-state index in [4.69, 9.17) is 0 Å². The molecule has 0 fully saturated rings. The summed E-state index contributed by atoms with van der Waals surface area (Å²) in [6, 6.07) is 0. The molecule has 0 spiro atoms. The second kappa shape index (κ2) is 2.34. The molecule has 0 aromatic carbocycles. The Morgan fingerprint density at radius 3 is 3.27 bits per heavy atom. The first kappa shape index (κ1) is 6.84. The third-order valence-electron chi connectivity index (χ3n) is 1.62. The van der Waals surface area contributed by atoms with Crippen molar-refractivity contribution in [2.75, 3.05) is 0 Å². The maximum Gasteiger partial charge on any atom is 0.154 e. The Kier molecular flexibility index (Phi) is 1.45. The summed E-state index contributed by atoms with van der Waals surface area (Å²) in [6.07, 6.45) is 3.54. The molecule has 11 heavy (non-hydrogen) atoms. The van der Waals surface area contributed by atoms with Crippen molar-refractivity contribution in [3.8, 4) is 0 Å². The van der Waals surface area contributed by atoms with E-state index in [2.05, 4.69) is 26.2 Å². The molecule has 0 saturated carbocycles. The molecule has 0 atom stereocenters. The van der Waals surface area contributed by atoms with Crippen molar-refractivity contribution < 1.29 is 0 Å². The van der Waals surface area contributed by atoms with Crippen LogP contribution >= 0.6 is 16.1 Å². The predicted octanol–water partition coefficient (Wildman–Crippen LogP) is 1.22. The lowest BCUT2D eigenvalue weighted by atomic mass is 10.4. The van der Waals surface area contributed by atoms with Gasteiger partial charge in [-0.25, -0.2) is 9.67 Å². The van der Waals surface area contributed by atoms with E-state index in [-0.39, 0.29) is 0 Å². The van der Waals surface area contributed by atoms with Gasteiger partial charge >= 0.3 is 0 Å². The molecule has 2 heterocycles. The molecule has 0 N–H and O–H groups in total. The van der Waals surface area contributed by atoms with Crippen LogP contribution in [-0.4, -0.2) is 18.7 Å². The number of nitrogens with zero attached hydrogens (tertiary/aromatic N) is 4. The van der Waals surface area contributed by atoms with E-state index in [1.807, 2.05) is 21.6 Å². The van der Waals surface area contributed by atoms with Crippen LogP contribution in [0.4, 0.5) is 0 Å². The van der Waals surface area contributed by atoms with E-state index in [1.165, 1.54) is 0 Å². The third kappa shape index (κ3) is 1.05. The Balaban J connectivity index is 2.47. The minimum absolute atomic E-state index is 0.720. The molecular weight excluding hydrogens is 208 g/mol. The van der Waals surface area contributed by atoms with Crippen LogP contribution in [0.25, 0.3) is 6.08 Å². The molecule has 1 aromatic rings.